The van der Waals surface area contributed by atoms with Gasteiger partial charge in [-0.25, -0.2) is 9.89 Å². The molecule has 0 aliphatic carbocycles. The van der Waals surface area contributed by atoms with Gasteiger partial charge < -0.3 is 5.73 Å². The Labute approximate surface area is 106 Å². The van der Waals surface area contributed by atoms with E-state index >= 15 is 0 Å². The topological polar surface area (TPSA) is 102 Å². The summed E-state index contributed by atoms with van der Waals surface area (Å²) in [7, 11) is 0. The minimum absolute atomic E-state index is 0.182. The zero-order valence-corrected chi connectivity index (χ0v) is 10.8. The van der Waals surface area contributed by atoms with Crippen LogP contribution in [-0.2, 0) is 12.3 Å². The molecule has 0 fully saturated rings. The van der Waals surface area contributed by atoms with Gasteiger partial charge in [0, 0.05) is 23.8 Å². The molecule has 0 unspecified atom stereocenters. The summed E-state index contributed by atoms with van der Waals surface area (Å²) in [5.74, 6) is 0.566. The molecule has 0 amide bonds. The SMILES string of the molecule is CCCn1c(SCc2nnsc2N)n[nH]c1=O. The van der Waals surface area contributed by atoms with Gasteiger partial charge in [0.1, 0.15) is 10.7 Å². The summed E-state index contributed by atoms with van der Waals surface area (Å²) in [6, 6.07) is 0. The van der Waals surface area contributed by atoms with Crippen LogP contribution in [0.5, 0.6) is 0 Å². The standard InChI is InChI=1S/C8H12N6OS2/c1-2-3-14-7(15)11-12-8(14)16-4-5-6(9)17-13-10-5/h2-4,9H2,1H3,(H,11,15). The van der Waals surface area contributed by atoms with Crippen molar-refractivity contribution in [1.29, 1.82) is 0 Å². The van der Waals surface area contributed by atoms with Gasteiger partial charge in [-0.2, -0.15) is 0 Å². The van der Waals surface area contributed by atoms with E-state index in [4.69, 9.17) is 5.73 Å². The monoisotopic (exact) mass is 272 g/mol. The Morgan fingerprint density at radius 2 is 2.41 bits per heavy atom. The fraction of sp³-hybridized carbons (Fsp3) is 0.500. The van der Waals surface area contributed by atoms with Crippen LogP contribution in [-0.4, -0.2) is 24.4 Å². The van der Waals surface area contributed by atoms with Crippen molar-refractivity contribution < 1.29 is 0 Å². The summed E-state index contributed by atoms with van der Waals surface area (Å²) >= 11 is 2.59. The predicted octanol–water partition coefficient (Wildman–Crippen LogP) is 0.707. The average molecular weight is 272 g/mol. The predicted molar refractivity (Wildman–Crippen MR) is 67.0 cm³/mol. The van der Waals surface area contributed by atoms with Crippen LogP contribution in [0.15, 0.2) is 9.95 Å². The van der Waals surface area contributed by atoms with Gasteiger partial charge in [0.2, 0.25) is 0 Å². The van der Waals surface area contributed by atoms with Gasteiger partial charge in [-0.05, 0) is 6.42 Å². The number of nitrogens with zero attached hydrogens (tertiary/aromatic N) is 4. The van der Waals surface area contributed by atoms with Crippen molar-refractivity contribution in [2.24, 2.45) is 0 Å². The number of hydrogen-bond donors (Lipinski definition) is 2. The first-order valence-electron chi connectivity index (χ1n) is 5.07. The van der Waals surface area contributed by atoms with E-state index < -0.39 is 0 Å². The third kappa shape index (κ3) is 2.67. The van der Waals surface area contributed by atoms with Gasteiger partial charge in [-0.15, -0.1) is 10.2 Å². The summed E-state index contributed by atoms with van der Waals surface area (Å²) in [5, 5.41) is 11.6. The van der Waals surface area contributed by atoms with Crippen molar-refractivity contribution in [2.75, 3.05) is 5.73 Å². The Morgan fingerprint density at radius 1 is 1.59 bits per heavy atom. The molecule has 3 N–H and O–H groups in total. The molecule has 0 aliphatic heterocycles. The second-order valence-electron chi connectivity index (χ2n) is 3.34. The van der Waals surface area contributed by atoms with E-state index in [2.05, 4.69) is 19.8 Å². The largest absolute Gasteiger partial charge is 0.388 e. The van der Waals surface area contributed by atoms with Gasteiger partial charge >= 0.3 is 5.69 Å². The summed E-state index contributed by atoms with van der Waals surface area (Å²) in [6.07, 6.45) is 0.882. The summed E-state index contributed by atoms with van der Waals surface area (Å²) < 4.78 is 5.37. The van der Waals surface area contributed by atoms with Crippen molar-refractivity contribution in [1.82, 2.24) is 24.4 Å². The third-order valence-electron chi connectivity index (χ3n) is 2.09. The van der Waals surface area contributed by atoms with Gasteiger partial charge in [-0.1, -0.05) is 23.2 Å². The van der Waals surface area contributed by atoms with E-state index in [1.165, 1.54) is 23.3 Å². The van der Waals surface area contributed by atoms with Crippen molar-refractivity contribution in [2.45, 2.75) is 30.8 Å². The third-order valence-corrected chi connectivity index (χ3v) is 3.68. The number of anilines is 1. The lowest BCUT2D eigenvalue weighted by molar-refractivity contribution is 0.603. The number of nitrogens with two attached hydrogens (primary N) is 1. The lowest BCUT2D eigenvalue weighted by atomic mass is 10.5. The second-order valence-corrected chi connectivity index (χ2v) is 5.06. The zero-order chi connectivity index (χ0) is 12.3. The number of rotatable bonds is 5. The van der Waals surface area contributed by atoms with E-state index in [0.717, 1.165) is 12.1 Å². The van der Waals surface area contributed by atoms with E-state index in [9.17, 15) is 4.79 Å². The molecule has 0 saturated carbocycles. The van der Waals surface area contributed by atoms with Crippen molar-refractivity contribution in [3.8, 4) is 0 Å². The number of H-pyrrole nitrogens is 1. The molecule has 17 heavy (non-hydrogen) atoms. The second kappa shape index (κ2) is 5.32. The van der Waals surface area contributed by atoms with Gasteiger partial charge in [0.15, 0.2) is 5.16 Å². The quantitative estimate of drug-likeness (QED) is 0.777. The normalized spacial score (nSPS) is 10.9. The fourth-order valence-electron chi connectivity index (χ4n) is 1.28. The van der Waals surface area contributed by atoms with Crippen LogP contribution in [0.25, 0.3) is 0 Å². The Hall–Kier alpha value is -1.35. The highest BCUT2D eigenvalue weighted by atomic mass is 32.2. The van der Waals surface area contributed by atoms with Crippen molar-refractivity contribution in [3.63, 3.8) is 0 Å². The molecular formula is C8H12N6OS2. The number of nitrogen functional groups attached to an aromatic ring is 1. The average Bonchev–Trinajstić information content (AvgIpc) is 2.86. The maximum Gasteiger partial charge on any atom is 0.343 e. The Morgan fingerprint density at radius 3 is 3.06 bits per heavy atom. The molecule has 0 radical (unpaired) electrons. The minimum atomic E-state index is -0.182. The fourth-order valence-corrected chi connectivity index (χ4v) is 2.74. The number of hydrogen-bond acceptors (Lipinski definition) is 7. The summed E-state index contributed by atoms with van der Waals surface area (Å²) in [5.41, 5.74) is 6.24. The van der Waals surface area contributed by atoms with Crippen molar-refractivity contribution >= 4 is 28.3 Å². The highest BCUT2D eigenvalue weighted by Crippen LogP contribution is 2.23. The first-order valence-corrected chi connectivity index (χ1v) is 6.83. The van der Waals surface area contributed by atoms with E-state index in [-0.39, 0.29) is 5.69 Å². The molecule has 0 atom stereocenters. The first-order chi connectivity index (χ1) is 8.22. The van der Waals surface area contributed by atoms with Gasteiger partial charge in [0.05, 0.1) is 0 Å². The number of aromatic amines is 1. The molecule has 2 aromatic rings. The van der Waals surface area contributed by atoms with Crippen LogP contribution in [0.3, 0.4) is 0 Å². The highest BCUT2D eigenvalue weighted by Gasteiger charge is 2.11. The molecule has 0 bridgehead atoms. The van der Waals surface area contributed by atoms with Crippen LogP contribution >= 0.6 is 23.3 Å². The number of nitrogens with one attached hydrogen (secondary N) is 1. The maximum absolute atomic E-state index is 11.4. The molecular weight excluding hydrogens is 260 g/mol. The van der Waals surface area contributed by atoms with E-state index in [1.807, 2.05) is 6.92 Å². The molecule has 2 aromatic heterocycles. The molecule has 92 valence electrons. The number of aromatic nitrogens is 5. The van der Waals surface area contributed by atoms with Crippen LogP contribution in [0.4, 0.5) is 5.00 Å². The lowest BCUT2D eigenvalue weighted by Crippen LogP contribution is -2.17. The maximum atomic E-state index is 11.4. The van der Waals surface area contributed by atoms with Crippen LogP contribution in [0, 0.1) is 0 Å². The molecule has 0 aliphatic rings. The lowest BCUT2D eigenvalue weighted by Gasteiger charge is -2.02. The Balaban J connectivity index is 2.09. The van der Waals surface area contributed by atoms with Gasteiger partial charge in [0.25, 0.3) is 0 Å². The zero-order valence-electron chi connectivity index (χ0n) is 9.21. The molecule has 0 spiro atoms. The highest BCUT2D eigenvalue weighted by molar-refractivity contribution is 7.98. The van der Waals surface area contributed by atoms with E-state index in [0.29, 0.717) is 22.5 Å². The first kappa shape index (κ1) is 12.1. The minimum Gasteiger partial charge on any atom is -0.388 e. The van der Waals surface area contributed by atoms with Crippen LogP contribution < -0.4 is 11.4 Å². The van der Waals surface area contributed by atoms with E-state index in [1.54, 1.807) is 4.57 Å². The molecule has 0 saturated heterocycles. The Bertz CT molecular complexity index is 544. The molecule has 2 rings (SSSR count). The molecule has 9 heteroatoms. The van der Waals surface area contributed by atoms with Crippen molar-refractivity contribution in [3.05, 3.63) is 16.2 Å². The molecule has 2 heterocycles. The Kier molecular flexibility index (Phi) is 3.79. The summed E-state index contributed by atoms with van der Waals surface area (Å²) in [4.78, 5) is 11.4. The van der Waals surface area contributed by atoms with Crippen LogP contribution in [0.1, 0.15) is 19.0 Å². The van der Waals surface area contributed by atoms with Crippen LogP contribution in [0.2, 0.25) is 0 Å². The smallest absolute Gasteiger partial charge is 0.343 e. The van der Waals surface area contributed by atoms with Gasteiger partial charge in [-0.3, -0.25) is 4.57 Å². The number of thioether (sulfide) groups is 1. The molecule has 7 nitrogen and oxygen atoms in total. The summed E-state index contributed by atoms with van der Waals surface area (Å²) in [6.45, 7) is 2.67. The molecule has 0 aromatic carbocycles.